The molecule has 1 atom stereocenters. The molecule has 1 fully saturated rings. The molecule has 0 aliphatic carbocycles. The number of hydrogen-bond acceptors (Lipinski definition) is 1. The lowest BCUT2D eigenvalue weighted by atomic mass is 9.89. The number of carbonyl (C=O) groups is 1. The van der Waals surface area contributed by atoms with Crippen LogP contribution in [0.4, 0.5) is 4.79 Å². The highest BCUT2D eigenvalue weighted by Gasteiger charge is 2.40. The molecule has 3 nitrogen and oxygen atoms in total. The summed E-state index contributed by atoms with van der Waals surface area (Å²) in [6.07, 6.45) is 0.918. The average Bonchev–Trinajstić information content (AvgIpc) is 2.62. The number of nitrogens with zero attached hydrogens (tertiary/aromatic N) is 1. The van der Waals surface area contributed by atoms with Crippen molar-refractivity contribution in [2.75, 3.05) is 6.54 Å². The molecule has 0 spiro atoms. The number of halogens is 1. The van der Waals surface area contributed by atoms with Crippen molar-refractivity contribution >= 4 is 17.7 Å². The average molecular weight is 240 g/mol. The van der Waals surface area contributed by atoms with Gasteiger partial charge in [-0.25, -0.2) is 4.79 Å². The standard InChI is InChI=1S/C12H14ClNO2/c1-12(7-2-8-14(12)11(15)16)9-3-5-10(13)6-4-9/h3-6H,2,7-8H2,1H3,(H,15,16). The van der Waals surface area contributed by atoms with E-state index in [-0.39, 0.29) is 0 Å². The third-order valence-corrected chi connectivity index (χ3v) is 3.59. The van der Waals surface area contributed by atoms with Crippen LogP contribution in [0, 0.1) is 0 Å². The van der Waals surface area contributed by atoms with Crippen LogP contribution < -0.4 is 0 Å². The summed E-state index contributed by atoms with van der Waals surface area (Å²) in [7, 11) is 0. The summed E-state index contributed by atoms with van der Waals surface area (Å²) in [6, 6.07) is 7.42. The molecular weight excluding hydrogens is 226 g/mol. The zero-order chi connectivity index (χ0) is 11.8. The first kappa shape index (κ1) is 11.3. The quantitative estimate of drug-likeness (QED) is 0.817. The second-order valence-electron chi connectivity index (χ2n) is 4.32. The van der Waals surface area contributed by atoms with E-state index < -0.39 is 11.6 Å². The fourth-order valence-corrected chi connectivity index (χ4v) is 2.50. The van der Waals surface area contributed by atoms with Crippen molar-refractivity contribution in [3.05, 3.63) is 34.9 Å². The van der Waals surface area contributed by atoms with Crippen LogP contribution in [0.5, 0.6) is 0 Å². The van der Waals surface area contributed by atoms with E-state index in [1.54, 1.807) is 12.1 Å². The summed E-state index contributed by atoms with van der Waals surface area (Å²) in [5.41, 5.74) is 0.605. The summed E-state index contributed by atoms with van der Waals surface area (Å²) < 4.78 is 0. The molecule has 1 unspecified atom stereocenters. The number of benzene rings is 1. The zero-order valence-corrected chi connectivity index (χ0v) is 9.87. The third kappa shape index (κ3) is 1.76. The summed E-state index contributed by atoms with van der Waals surface area (Å²) in [6.45, 7) is 2.58. The van der Waals surface area contributed by atoms with Crippen LogP contribution in [-0.4, -0.2) is 22.6 Å². The molecular formula is C12H14ClNO2. The molecule has 1 saturated heterocycles. The van der Waals surface area contributed by atoms with Gasteiger partial charge in [-0.3, -0.25) is 4.90 Å². The van der Waals surface area contributed by atoms with Crippen LogP contribution in [-0.2, 0) is 5.54 Å². The fraction of sp³-hybridized carbons (Fsp3) is 0.417. The van der Waals surface area contributed by atoms with Gasteiger partial charge in [0.05, 0.1) is 5.54 Å². The molecule has 1 aromatic carbocycles. The summed E-state index contributed by atoms with van der Waals surface area (Å²) in [5, 5.41) is 9.84. The van der Waals surface area contributed by atoms with Gasteiger partial charge in [0.2, 0.25) is 0 Å². The van der Waals surface area contributed by atoms with Crippen LogP contribution in [0.1, 0.15) is 25.3 Å². The predicted octanol–water partition coefficient (Wildman–Crippen LogP) is 3.33. The highest BCUT2D eigenvalue weighted by atomic mass is 35.5. The van der Waals surface area contributed by atoms with Crippen molar-refractivity contribution in [1.29, 1.82) is 0 Å². The van der Waals surface area contributed by atoms with Crippen molar-refractivity contribution in [1.82, 2.24) is 4.90 Å². The highest BCUT2D eigenvalue weighted by Crippen LogP contribution is 2.38. The van der Waals surface area contributed by atoms with Crippen molar-refractivity contribution in [2.24, 2.45) is 0 Å². The van der Waals surface area contributed by atoms with Gasteiger partial charge >= 0.3 is 6.09 Å². The van der Waals surface area contributed by atoms with Crippen LogP contribution in [0.3, 0.4) is 0 Å². The van der Waals surface area contributed by atoms with Gasteiger partial charge in [-0.05, 0) is 37.5 Å². The molecule has 1 amide bonds. The van der Waals surface area contributed by atoms with Gasteiger partial charge in [0.25, 0.3) is 0 Å². The molecule has 1 aromatic rings. The Hall–Kier alpha value is -1.22. The molecule has 0 bridgehead atoms. The van der Waals surface area contributed by atoms with E-state index in [1.807, 2.05) is 19.1 Å². The smallest absolute Gasteiger partial charge is 0.408 e. The Morgan fingerprint density at radius 2 is 2.06 bits per heavy atom. The molecule has 1 aliphatic heterocycles. The Kier molecular flexibility index (Phi) is 2.80. The number of rotatable bonds is 1. The van der Waals surface area contributed by atoms with E-state index in [1.165, 1.54) is 4.90 Å². The second-order valence-corrected chi connectivity index (χ2v) is 4.75. The zero-order valence-electron chi connectivity index (χ0n) is 9.11. The molecule has 1 N–H and O–H groups in total. The van der Waals surface area contributed by atoms with Crippen LogP contribution >= 0.6 is 11.6 Å². The van der Waals surface area contributed by atoms with Gasteiger partial charge < -0.3 is 5.11 Å². The molecule has 0 aromatic heterocycles. The van der Waals surface area contributed by atoms with Crippen LogP contribution in [0.15, 0.2) is 24.3 Å². The molecule has 86 valence electrons. The van der Waals surface area contributed by atoms with Crippen molar-refractivity contribution in [2.45, 2.75) is 25.3 Å². The first-order valence-electron chi connectivity index (χ1n) is 5.31. The molecule has 0 radical (unpaired) electrons. The molecule has 2 rings (SSSR count). The summed E-state index contributed by atoms with van der Waals surface area (Å²) in [4.78, 5) is 12.7. The first-order valence-corrected chi connectivity index (χ1v) is 5.68. The Labute approximate surface area is 99.6 Å². The number of amides is 1. The topological polar surface area (TPSA) is 40.5 Å². The van der Waals surface area contributed by atoms with Gasteiger partial charge in [0, 0.05) is 11.6 Å². The minimum absolute atomic E-state index is 0.406. The lowest BCUT2D eigenvalue weighted by Gasteiger charge is -2.33. The third-order valence-electron chi connectivity index (χ3n) is 3.34. The number of hydrogen-bond donors (Lipinski definition) is 1. The Balaban J connectivity index is 2.37. The lowest BCUT2D eigenvalue weighted by molar-refractivity contribution is 0.109. The first-order chi connectivity index (χ1) is 7.54. The molecule has 16 heavy (non-hydrogen) atoms. The Bertz CT molecular complexity index is 404. The van der Waals surface area contributed by atoms with Crippen LogP contribution in [0.25, 0.3) is 0 Å². The van der Waals surface area contributed by atoms with Crippen molar-refractivity contribution in [3.63, 3.8) is 0 Å². The van der Waals surface area contributed by atoms with Crippen LogP contribution in [0.2, 0.25) is 5.02 Å². The highest BCUT2D eigenvalue weighted by molar-refractivity contribution is 6.30. The van der Waals surface area contributed by atoms with E-state index in [0.717, 1.165) is 18.4 Å². The minimum atomic E-state index is -0.852. The number of carboxylic acid groups (broad SMARTS) is 1. The van der Waals surface area contributed by atoms with E-state index in [4.69, 9.17) is 16.7 Å². The second kappa shape index (κ2) is 3.98. The number of likely N-dealkylation sites (tertiary alicyclic amines) is 1. The van der Waals surface area contributed by atoms with Crippen molar-refractivity contribution in [3.8, 4) is 0 Å². The molecule has 4 heteroatoms. The van der Waals surface area contributed by atoms with Gasteiger partial charge in [0.1, 0.15) is 0 Å². The molecule has 1 heterocycles. The molecule has 1 aliphatic rings. The van der Waals surface area contributed by atoms with E-state index >= 15 is 0 Å². The molecule has 0 saturated carbocycles. The fourth-order valence-electron chi connectivity index (χ4n) is 2.38. The maximum Gasteiger partial charge on any atom is 0.408 e. The van der Waals surface area contributed by atoms with Gasteiger partial charge in [-0.2, -0.15) is 0 Å². The van der Waals surface area contributed by atoms with E-state index in [0.29, 0.717) is 11.6 Å². The Morgan fingerprint density at radius 1 is 1.44 bits per heavy atom. The summed E-state index contributed by atoms with van der Waals surface area (Å²) in [5.74, 6) is 0. The lowest BCUT2D eigenvalue weighted by Crippen LogP contribution is -2.41. The largest absolute Gasteiger partial charge is 0.465 e. The normalized spacial score (nSPS) is 24.8. The maximum absolute atomic E-state index is 11.2. The van der Waals surface area contributed by atoms with Gasteiger partial charge in [-0.15, -0.1) is 0 Å². The monoisotopic (exact) mass is 239 g/mol. The SMILES string of the molecule is CC1(c2ccc(Cl)cc2)CCCN1C(=O)O. The van der Waals surface area contributed by atoms with E-state index in [2.05, 4.69) is 0 Å². The predicted molar refractivity (Wildman–Crippen MR) is 62.8 cm³/mol. The van der Waals surface area contributed by atoms with Gasteiger partial charge in [0.15, 0.2) is 0 Å². The Morgan fingerprint density at radius 3 is 2.62 bits per heavy atom. The van der Waals surface area contributed by atoms with Gasteiger partial charge in [-0.1, -0.05) is 23.7 Å². The minimum Gasteiger partial charge on any atom is -0.465 e. The van der Waals surface area contributed by atoms with Crippen molar-refractivity contribution < 1.29 is 9.90 Å². The summed E-state index contributed by atoms with van der Waals surface area (Å²) >= 11 is 5.83. The van der Waals surface area contributed by atoms with E-state index in [9.17, 15) is 4.79 Å². The maximum atomic E-state index is 11.2.